The Kier molecular flexibility index (Phi) is 3.79. The van der Waals surface area contributed by atoms with Crippen LogP contribution in [0.15, 0.2) is 30.4 Å². The summed E-state index contributed by atoms with van der Waals surface area (Å²) in [5, 5.41) is 0. The third kappa shape index (κ3) is 3.07. The Morgan fingerprint density at radius 1 is 1.47 bits per heavy atom. The van der Waals surface area contributed by atoms with E-state index in [-0.39, 0.29) is 18.0 Å². The van der Waals surface area contributed by atoms with Crippen molar-refractivity contribution in [2.75, 3.05) is 0 Å². The fourth-order valence-corrected chi connectivity index (χ4v) is 2.00. The van der Waals surface area contributed by atoms with Gasteiger partial charge in [0.2, 0.25) is 0 Å². The molecule has 0 heterocycles. The highest BCUT2D eigenvalue weighted by Crippen LogP contribution is 2.23. The number of rotatable bonds is 3. The van der Waals surface area contributed by atoms with Crippen LogP contribution in [0.4, 0.5) is 4.39 Å². The first-order valence-electron chi connectivity index (χ1n) is 6.05. The summed E-state index contributed by atoms with van der Waals surface area (Å²) in [6.07, 6.45) is 7.46. The Hall–Kier alpha value is -1.35. The van der Waals surface area contributed by atoms with Crippen LogP contribution in [0.5, 0.6) is 5.75 Å². The summed E-state index contributed by atoms with van der Waals surface area (Å²) in [6, 6.07) is 4.60. The minimum Gasteiger partial charge on any atom is -0.486 e. The second-order valence-corrected chi connectivity index (χ2v) is 4.49. The predicted octanol–water partition coefficient (Wildman–Crippen LogP) is 3.33. The molecule has 17 heavy (non-hydrogen) atoms. The highest BCUT2D eigenvalue weighted by atomic mass is 19.1. The molecule has 1 unspecified atom stereocenters. The Morgan fingerprint density at radius 3 is 2.88 bits per heavy atom. The van der Waals surface area contributed by atoms with Crippen LogP contribution in [0.3, 0.4) is 0 Å². The zero-order valence-corrected chi connectivity index (χ0v) is 10.0. The van der Waals surface area contributed by atoms with Gasteiger partial charge in [0, 0.05) is 17.7 Å². The number of hydrogen-bond donors (Lipinski definition) is 1. The van der Waals surface area contributed by atoms with E-state index in [2.05, 4.69) is 6.08 Å². The van der Waals surface area contributed by atoms with E-state index in [1.54, 1.807) is 19.1 Å². The van der Waals surface area contributed by atoms with Crippen molar-refractivity contribution in [1.29, 1.82) is 0 Å². The third-order valence-corrected chi connectivity index (χ3v) is 2.96. The molecule has 92 valence electrons. The van der Waals surface area contributed by atoms with Crippen LogP contribution in [0.1, 0.15) is 37.8 Å². The molecular weight excluding hydrogens is 217 g/mol. The van der Waals surface area contributed by atoms with E-state index in [9.17, 15) is 4.39 Å². The number of nitrogens with two attached hydrogens (primary N) is 1. The first-order valence-corrected chi connectivity index (χ1v) is 6.05. The van der Waals surface area contributed by atoms with Crippen molar-refractivity contribution in [3.63, 3.8) is 0 Å². The highest BCUT2D eigenvalue weighted by Gasteiger charge is 2.12. The first-order chi connectivity index (χ1) is 8.16. The zero-order valence-electron chi connectivity index (χ0n) is 10.0. The summed E-state index contributed by atoms with van der Waals surface area (Å²) in [7, 11) is 0. The van der Waals surface area contributed by atoms with Gasteiger partial charge in [0.1, 0.15) is 17.7 Å². The van der Waals surface area contributed by atoms with Gasteiger partial charge in [0.05, 0.1) is 0 Å². The molecule has 1 aromatic carbocycles. The molecule has 0 aromatic heterocycles. The number of benzene rings is 1. The van der Waals surface area contributed by atoms with E-state index in [0.29, 0.717) is 11.3 Å². The van der Waals surface area contributed by atoms with E-state index in [1.165, 1.54) is 6.07 Å². The molecule has 2 nitrogen and oxygen atoms in total. The maximum atomic E-state index is 13.7. The van der Waals surface area contributed by atoms with Crippen molar-refractivity contribution >= 4 is 0 Å². The maximum absolute atomic E-state index is 13.7. The van der Waals surface area contributed by atoms with Crippen molar-refractivity contribution < 1.29 is 9.13 Å². The molecular formula is C14H18FNO. The first kappa shape index (κ1) is 12.1. The molecule has 0 saturated heterocycles. The summed E-state index contributed by atoms with van der Waals surface area (Å²) in [5.41, 5.74) is 6.18. The van der Waals surface area contributed by atoms with E-state index in [4.69, 9.17) is 10.5 Å². The third-order valence-electron chi connectivity index (χ3n) is 2.96. The molecule has 1 aliphatic rings. The van der Waals surface area contributed by atoms with Gasteiger partial charge in [-0.15, -0.1) is 0 Å². The fourth-order valence-electron chi connectivity index (χ4n) is 2.00. The van der Waals surface area contributed by atoms with Gasteiger partial charge in [-0.25, -0.2) is 4.39 Å². The minimum absolute atomic E-state index is 0.0734. The molecule has 0 bridgehead atoms. The van der Waals surface area contributed by atoms with Gasteiger partial charge in [-0.3, -0.25) is 0 Å². The molecule has 3 heteroatoms. The topological polar surface area (TPSA) is 35.2 Å². The molecule has 1 aromatic rings. The number of allylic oxidation sites excluding steroid dienone is 1. The maximum Gasteiger partial charge on any atom is 0.131 e. The highest BCUT2D eigenvalue weighted by molar-refractivity contribution is 5.31. The van der Waals surface area contributed by atoms with Gasteiger partial charge in [-0.2, -0.15) is 0 Å². The molecule has 2 rings (SSSR count). The molecule has 0 fully saturated rings. The van der Waals surface area contributed by atoms with Crippen LogP contribution < -0.4 is 10.5 Å². The van der Waals surface area contributed by atoms with Gasteiger partial charge in [0.15, 0.2) is 0 Å². The Balaban J connectivity index is 2.09. The quantitative estimate of drug-likeness (QED) is 0.815. The normalized spacial score (nSPS) is 21.2. The van der Waals surface area contributed by atoms with Gasteiger partial charge in [-0.1, -0.05) is 12.1 Å². The van der Waals surface area contributed by atoms with E-state index >= 15 is 0 Å². The van der Waals surface area contributed by atoms with Gasteiger partial charge >= 0.3 is 0 Å². The van der Waals surface area contributed by atoms with Crippen molar-refractivity contribution in [3.8, 4) is 5.75 Å². The minimum atomic E-state index is -0.294. The largest absolute Gasteiger partial charge is 0.486 e. The number of halogens is 1. The summed E-state index contributed by atoms with van der Waals surface area (Å²) in [4.78, 5) is 0. The fraction of sp³-hybridized carbons (Fsp3) is 0.429. The number of hydrogen-bond acceptors (Lipinski definition) is 2. The van der Waals surface area contributed by atoms with E-state index in [0.717, 1.165) is 19.3 Å². The molecule has 0 radical (unpaired) electrons. The predicted molar refractivity (Wildman–Crippen MR) is 66.4 cm³/mol. The lowest BCUT2D eigenvalue weighted by atomic mass is 10.1. The Labute approximate surface area is 101 Å². The monoisotopic (exact) mass is 235 g/mol. The lowest BCUT2D eigenvalue weighted by molar-refractivity contribution is 0.229. The number of ether oxygens (including phenoxy) is 1. The van der Waals surface area contributed by atoms with E-state index in [1.807, 2.05) is 6.08 Å². The molecule has 0 spiro atoms. The Bertz CT molecular complexity index is 415. The van der Waals surface area contributed by atoms with Gasteiger partial charge in [0.25, 0.3) is 0 Å². The molecule has 0 aliphatic heterocycles. The standard InChI is InChI=1S/C14H18FNO/c1-10(16)13-8-7-12(9-14(13)15)17-11-5-3-2-4-6-11/h3,5,7-11H,2,4,6,16H2,1H3/t10-,11?/m1/s1. The summed E-state index contributed by atoms with van der Waals surface area (Å²) >= 11 is 0. The summed E-state index contributed by atoms with van der Waals surface area (Å²) in [6.45, 7) is 1.77. The molecule has 0 amide bonds. The van der Waals surface area contributed by atoms with Crippen LogP contribution in [0.2, 0.25) is 0 Å². The lowest BCUT2D eigenvalue weighted by Crippen LogP contribution is -2.16. The van der Waals surface area contributed by atoms with Crippen LogP contribution in [0, 0.1) is 5.82 Å². The van der Waals surface area contributed by atoms with Crippen LogP contribution in [-0.2, 0) is 0 Å². The second-order valence-electron chi connectivity index (χ2n) is 4.49. The van der Waals surface area contributed by atoms with Crippen molar-refractivity contribution in [2.24, 2.45) is 5.73 Å². The summed E-state index contributed by atoms with van der Waals surface area (Å²) in [5.74, 6) is 0.278. The molecule has 2 N–H and O–H groups in total. The van der Waals surface area contributed by atoms with Crippen LogP contribution >= 0.6 is 0 Å². The average molecular weight is 235 g/mol. The van der Waals surface area contributed by atoms with Crippen LogP contribution in [0.25, 0.3) is 0 Å². The smallest absolute Gasteiger partial charge is 0.131 e. The molecule has 0 saturated carbocycles. The molecule has 1 aliphatic carbocycles. The lowest BCUT2D eigenvalue weighted by Gasteiger charge is -2.19. The van der Waals surface area contributed by atoms with Crippen molar-refractivity contribution in [1.82, 2.24) is 0 Å². The van der Waals surface area contributed by atoms with Gasteiger partial charge in [-0.05, 0) is 38.3 Å². The molecule has 2 atom stereocenters. The average Bonchev–Trinajstić information content (AvgIpc) is 2.30. The van der Waals surface area contributed by atoms with Gasteiger partial charge < -0.3 is 10.5 Å². The van der Waals surface area contributed by atoms with Crippen molar-refractivity contribution in [3.05, 3.63) is 41.7 Å². The SMILES string of the molecule is C[C@@H](N)c1ccc(OC2C=CCCC2)cc1F. The second kappa shape index (κ2) is 5.32. The van der Waals surface area contributed by atoms with Crippen molar-refractivity contribution in [2.45, 2.75) is 38.3 Å². The summed E-state index contributed by atoms with van der Waals surface area (Å²) < 4.78 is 19.4. The van der Waals surface area contributed by atoms with E-state index < -0.39 is 0 Å². The Morgan fingerprint density at radius 2 is 2.29 bits per heavy atom. The zero-order chi connectivity index (χ0) is 12.3. The van der Waals surface area contributed by atoms with Crippen LogP contribution in [-0.4, -0.2) is 6.10 Å².